The van der Waals surface area contributed by atoms with Crippen LogP contribution in [0.4, 0.5) is 0 Å². The standard InChI is InChI=1S/C18H17N3O2S/c1-13-21-16(12-24-13)11-23-17-7-5-14(6-8-17)18(22)20-10-15-4-2-3-9-19-15/h2-9,12H,10-11H2,1H3,(H,20,22). The molecule has 0 atom stereocenters. The fourth-order valence-electron chi connectivity index (χ4n) is 2.11. The van der Waals surface area contributed by atoms with Gasteiger partial charge in [-0.1, -0.05) is 6.07 Å². The average molecular weight is 339 g/mol. The quantitative estimate of drug-likeness (QED) is 0.748. The largest absolute Gasteiger partial charge is 0.487 e. The molecule has 1 N–H and O–H groups in total. The molecular weight excluding hydrogens is 322 g/mol. The van der Waals surface area contributed by atoms with E-state index < -0.39 is 0 Å². The highest BCUT2D eigenvalue weighted by molar-refractivity contribution is 7.09. The summed E-state index contributed by atoms with van der Waals surface area (Å²) in [6.07, 6.45) is 1.71. The Balaban J connectivity index is 1.52. The number of benzene rings is 1. The minimum atomic E-state index is -0.137. The van der Waals surface area contributed by atoms with Crippen molar-refractivity contribution < 1.29 is 9.53 Å². The number of ether oxygens (including phenoxy) is 1. The number of carbonyl (C=O) groups excluding carboxylic acids is 1. The van der Waals surface area contributed by atoms with Crippen LogP contribution in [0.2, 0.25) is 0 Å². The predicted molar refractivity (Wildman–Crippen MR) is 93.0 cm³/mol. The molecule has 0 aliphatic heterocycles. The molecule has 0 fully saturated rings. The van der Waals surface area contributed by atoms with Crippen LogP contribution >= 0.6 is 11.3 Å². The van der Waals surface area contributed by atoms with Gasteiger partial charge in [0.15, 0.2) is 0 Å². The maximum absolute atomic E-state index is 12.1. The molecular formula is C18H17N3O2S. The lowest BCUT2D eigenvalue weighted by Crippen LogP contribution is -2.23. The Bertz CT molecular complexity index is 801. The smallest absolute Gasteiger partial charge is 0.251 e. The second-order valence-electron chi connectivity index (χ2n) is 5.17. The minimum absolute atomic E-state index is 0.137. The van der Waals surface area contributed by atoms with Gasteiger partial charge in [-0.05, 0) is 43.3 Å². The predicted octanol–water partition coefficient (Wildman–Crippen LogP) is 3.36. The number of pyridine rings is 1. The van der Waals surface area contributed by atoms with Gasteiger partial charge in [0.1, 0.15) is 12.4 Å². The molecule has 0 unspecified atom stereocenters. The summed E-state index contributed by atoms with van der Waals surface area (Å²) in [5, 5.41) is 5.85. The molecule has 0 aliphatic carbocycles. The van der Waals surface area contributed by atoms with E-state index in [1.807, 2.05) is 30.5 Å². The zero-order valence-electron chi connectivity index (χ0n) is 13.2. The Morgan fingerprint density at radius 3 is 2.67 bits per heavy atom. The lowest BCUT2D eigenvalue weighted by molar-refractivity contribution is 0.0950. The zero-order valence-corrected chi connectivity index (χ0v) is 14.0. The second-order valence-corrected chi connectivity index (χ2v) is 6.24. The first-order valence-corrected chi connectivity index (χ1v) is 8.40. The van der Waals surface area contributed by atoms with Crippen LogP contribution in [0.15, 0.2) is 54.0 Å². The monoisotopic (exact) mass is 339 g/mol. The molecule has 5 nitrogen and oxygen atoms in total. The molecule has 0 aliphatic rings. The van der Waals surface area contributed by atoms with Gasteiger partial charge in [0.25, 0.3) is 5.91 Å². The van der Waals surface area contributed by atoms with E-state index in [1.165, 1.54) is 0 Å². The van der Waals surface area contributed by atoms with E-state index in [-0.39, 0.29) is 5.91 Å². The molecule has 6 heteroatoms. The molecule has 2 aromatic heterocycles. The van der Waals surface area contributed by atoms with Gasteiger partial charge in [-0.3, -0.25) is 9.78 Å². The van der Waals surface area contributed by atoms with E-state index in [0.29, 0.717) is 24.5 Å². The minimum Gasteiger partial charge on any atom is -0.487 e. The van der Waals surface area contributed by atoms with E-state index in [0.717, 1.165) is 16.4 Å². The third-order valence-corrected chi connectivity index (χ3v) is 4.15. The van der Waals surface area contributed by atoms with Crippen molar-refractivity contribution in [3.8, 4) is 5.75 Å². The topological polar surface area (TPSA) is 64.1 Å². The maximum Gasteiger partial charge on any atom is 0.251 e. The molecule has 3 rings (SSSR count). The van der Waals surface area contributed by atoms with Gasteiger partial charge in [-0.15, -0.1) is 11.3 Å². The molecule has 0 saturated heterocycles. The Morgan fingerprint density at radius 2 is 2.00 bits per heavy atom. The summed E-state index contributed by atoms with van der Waals surface area (Å²) >= 11 is 1.60. The number of hydrogen-bond donors (Lipinski definition) is 1. The summed E-state index contributed by atoms with van der Waals surface area (Å²) < 4.78 is 5.67. The van der Waals surface area contributed by atoms with Crippen LogP contribution in [0.1, 0.15) is 26.8 Å². The number of aromatic nitrogens is 2. The molecule has 0 spiro atoms. The highest BCUT2D eigenvalue weighted by Crippen LogP contribution is 2.15. The maximum atomic E-state index is 12.1. The molecule has 24 heavy (non-hydrogen) atoms. The lowest BCUT2D eigenvalue weighted by Gasteiger charge is -2.07. The molecule has 122 valence electrons. The van der Waals surface area contributed by atoms with E-state index in [4.69, 9.17) is 4.74 Å². The fourth-order valence-corrected chi connectivity index (χ4v) is 2.71. The Morgan fingerprint density at radius 1 is 1.17 bits per heavy atom. The van der Waals surface area contributed by atoms with E-state index in [1.54, 1.807) is 41.8 Å². The van der Waals surface area contributed by atoms with Crippen LogP contribution in [0, 0.1) is 6.92 Å². The number of rotatable bonds is 6. The molecule has 1 aromatic carbocycles. The van der Waals surface area contributed by atoms with Crippen LogP contribution in [0.25, 0.3) is 0 Å². The van der Waals surface area contributed by atoms with Crippen molar-refractivity contribution in [1.82, 2.24) is 15.3 Å². The van der Waals surface area contributed by atoms with Crippen molar-refractivity contribution >= 4 is 17.2 Å². The van der Waals surface area contributed by atoms with Gasteiger partial charge >= 0.3 is 0 Å². The molecule has 0 saturated carbocycles. The lowest BCUT2D eigenvalue weighted by atomic mass is 10.2. The summed E-state index contributed by atoms with van der Waals surface area (Å²) in [6, 6.07) is 12.7. The number of nitrogens with one attached hydrogen (secondary N) is 1. The number of nitrogens with zero attached hydrogens (tertiary/aromatic N) is 2. The molecule has 1 amide bonds. The first kappa shape index (κ1) is 16.1. The average Bonchev–Trinajstić information content (AvgIpc) is 3.04. The Labute approximate surface area is 144 Å². The van der Waals surface area contributed by atoms with Crippen LogP contribution < -0.4 is 10.1 Å². The van der Waals surface area contributed by atoms with Crippen molar-refractivity contribution in [1.29, 1.82) is 0 Å². The molecule has 0 bridgehead atoms. The van der Waals surface area contributed by atoms with Crippen LogP contribution in [-0.2, 0) is 13.2 Å². The normalized spacial score (nSPS) is 10.4. The zero-order chi connectivity index (χ0) is 16.8. The third kappa shape index (κ3) is 4.39. The van der Waals surface area contributed by atoms with Crippen molar-refractivity contribution in [3.05, 3.63) is 76.0 Å². The van der Waals surface area contributed by atoms with Crippen LogP contribution in [0.5, 0.6) is 5.75 Å². The number of aryl methyl sites for hydroxylation is 1. The van der Waals surface area contributed by atoms with Gasteiger partial charge in [-0.25, -0.2) is 4.98 Å². The van der Waals surface area contributed by atoms with E-state index >= 15 is 0 Å². The van der Waals surface area contributed by atoms with E-state index in [2.05, 4.69) is 15.3 Å². The van der Waals surface area contributed by atoms with E-state index in [9.17, 15) is 4.79 Å². The Kier molecular flexibility index (Phi) is 5.18. The highest BCUT2D eigenvalue weighted by Gasteiger charge is 2.06. The number of amides is 1. The number of thiazole rings is 1. The summed E-state index contributed by atoms with van der Waals surface area (Å²) in [4.78, 5) is 20.6. The fraction of sp³-hybridized carbons (Fsp3) is 0.167. The molecule has 0 radical (unpaired) electrons. The van der Waals surface area contributed by atoms with Crippen LogP contribution in [0.3, 0.4) is 0 Å². The summed E-state index contributed by atoms with van der Waals surface area (Å²) in [6.45, 7) is 2.79. The highest BCUT2D eigenvalue weighted by atomic mass is 32.1. The number of carbonyl (C=O) groups is 1. The SMILES string of the molecule is Cc1nc(COc2ccc(C(=O)NCc3ccccn3)cc2)cs1. The Hall–Kier alpha value is -2.73. The van der Waals surface area contributed by atoms with Gasteiger partial charge in [-0.2, -0.15) is 0 Å². The first-order valence-electron chi connectivity index (χ1n) is 7.53. The van der Waals surface area contributed by atoms with Crippen molar-refractivity contribution in [2.75, 3.05) is 0 Å². The summed E-state index contributed by atoms with van der Waals surface area (Å²) in [7, 11) is 0. The van der Waals surface area contributed by atoms with Gasteiger partial charge in [0.2, 0.25) is 0 Å². The van der Waals surface area contributed by atoms with Gasteiger partial charge in [0.05, 0.1) is 22.9 Å². The summed E-state index contributed by atoms with van der Waals surface area (Å²) in [5.74, 6) is 0.573. The third-order valence-electron chi connectivity index (χ3n) is 3.33. The van der Waals surface area contributed by atoms with Crippen molar-refractivity contribution in [3.63, 3.8) is 0 Å². The molecule has 3 aromatic rings. The van der Waals surface area contributed by atoms with Gasteiger partial charge in [0, 0.05) is 17.1 Å². The van der Waals surface area contributed by atoms with Crippen molar-refractivity contribution in [2.24, 2.45) is 0 Å². The summed E-state index contributed by atoms with van der Waals surface area (Å²) in [5.41, 5.74) is 2.32. The first-order chi connectivity index (χ1) is 11.7. The van der Waals surface area contributed by atoms with Crippen molar-refractivity contribution in [2.45, 2.75) is 20.1 Å². The number of hydrogen-bond acceptors (Lipinski definition) is 5. The van der Waals surface area contributed by atoms with Gasteiger partial charge < -0.3 is 10.1 Å². The second kappa shape index (κ2) is 7.70. The molecule has 2 heterocycles. The van der Waals surface area contributed by atoms with Crippen LogP contribution in [-0.4, -0.2) is 15.9 Å².